The van der Waals surface area contributed by atoms with Crippen LogP contribution in [0.1, 0.15) is 42.3 Å². The number of hydrogen-bond donors (Lipinski definition) is 0. The quantitative estimate of drug-likeness (QED) is 0.580. The fraction of sp³-hybridized carbons (Fsp3) is 0.304. The molecule has 0 saturated heterocycles. The molecule has 26 heavy (non-hydrogen) atoms. The number of rotatable bonds is 2. The standard InChI is InChI=1S/C23H25FN2/c1-15-9-10-22-20(13-15)19-11-12-25(4)17(3)23(19)26(22)14-16(2)18-7-5-6-8-21(18)24/h5-10,13-14,17H,11-12H2,1-4H3/b16-14+. The first-order chi connectivity index (χ1) is 12.5. The third kappa shape index (κ3) is 2.67. The Hall–Kier alpha value is -2.39. The van der Waals surface area contributed by atoms with Crippen molar-refractivity contribution in [3.8, 4) is 0 Å². The Morgan fingerprint density at radius 1 is 1.19 bits per heavy atom. The van der Waals surface area contributed by atoms with Crippen LogP contribution in [0.3, 0.4) is 0 Å². The SMILES string of the molecule is C/C(=C\n1c2c(c3cc(C)ccc31)CCN(C)C2C)c1ccccc1F. The number of fused-ring (bicyclic) bond motifs is 3. The molecule has 0 amide bonds. The van der Waals surface area contributed by atoms with E-state index in [0.29, 0.717) is 11.6 Å². The lowest BCUT2D eigenvalue weighted by atomic mass is 9.98. The second-order valence-electron chi connectivity index (χ2n) is 7.45. The van der Waals surface area contributed by atoms with Crippen LogP contribution in [0.2, 0.25) is 0 Å². The summed E-state index contributed by atoms with van der Waals surface area (Å²) in [5, 5.41) is 1.33. The highest BCUT2D eigenvalue weighted by molar-refractivity contribution is 5.90. The number of halogens is 1. The highest BCUT2D eigenvalue weighted by atomic mass is 19.1. The Labute approximate surface area is 154 Å². The topological polar surface area (TPSA) is 8.17 Å². The molecule has 4 rings (SSSR count). The first kappa shape index (κ1) is 17.0. The minimum Gasteiger partial charge on any atom is -0.318 e. The monoisotopic (exact) mass is 348 g/mol. The zero-order chi connectivity index (χ0) is 18.4. The van der Waals surface area contributed by atoms with E-state index in [9.17, 15) is 4.39 Å². The van der Waals surface area contributed by atoms with Gasteiger partial charge in [-0.25, -0.2) is 4.39 Å². The van der Waals surface area contributed by atoms with Gasteiger partial charge in [0.05, 0.1) is 5.52 Å². The van der Waals surface area contributed by atoms with Crippen molar-refractivity contribution in [1.29, 1.82) is 0 Å². The average molecular weight is 348 g/mol. The molecular formula is C23H25FN2. The van der Waals surface area contributed by atoms with E-state index >= 15 is 0 Å². The van der Waals surface area contributed by atoms with Crippen molar-refractivity contribution in [3.05, 3.63) is 70.7 Å². The third-order valence-electron chi connectivity index (χ3n) is 5.70. The van der Waals surface area contributed by atoms with Gasteiger partial charge < -0.3 is 4.57 Å². The maximum Gasteiger partial charge on any atom is 0.130 e. The van der Waals surface area contributed by atoms with Crippen LogP contribution in [0, 0.1) is 12.7 Å². The summed E-state index contributed by atoms with van der Waals surface area (Å²) in [6.45, 7) is 7.45. The molecule has 0 aliphatic carbocycles. The minimum absolute atomic E-state index is 0.174. The summed E-state index contributed by atoms with van der Waals surface area (Å²) >= 11 is 0. The van der Waals surface area contributed by atoms with Crippen molar-refractivity contribution >= 4 is 22.7 Å². The van der Waals surface area contributed by atoms with Gasteiger partial charge in [-0.2, -0.15) is 0 Å². The molecule has 2 heterocycles. The van der Waals surface area contributed by atoms with E-state index in [1.54, 1.807) is 6.07 Å². The summed E-state index contributed by atoms with van der Waals surface area (Å²) in [7, 11) is 2.17. The summed E-state index contributed by atoms with van der Waals surface area (Å²) < 4.78 is 16.5. The smallest absolute Gasteiger partial charge is 0.130 e. The Morgan fingerprint density at radius 2 is 1.96 bits per heavy atom. The van der Waals surface area contributed by atoms with Crippen LogP contribution in [0.4, 0.5) is 4.39 Å². The first-order valence-corrected chi connectivity index (χ1v) is 9.24. The zero-order valence-corrected chi connectivity index (χ0v) is 15.9. The molecular weight excluding hydrogens is 323 g/mol. The highest BCUT2D eigenvalue weighted by Gasteiger charge is 2.27. The summed E-state index contributed by atoms with van der Waals surface area (Å²) in [5.74, 6) is -0.174. The predicted molar refractivity (Wildman–Crippen MR) is 108 cm³/mol. The van der Waals surface area contributed by atoms with Gasteiger partial charge in [-0.1, -0.05) is 29.8 Å². The van der Waals surface area contributed by atoms with Crippen LogP contribution in [-0.2, 0) is 6.42 Å². The summed E-state index contributed by atoms with van der Waals surface area (Å²) in [5.41, 5.74) is 6.84. The molecule has 1 aliphatic rings. The number of nitrogens with zero attached hydrogens (tertiary/aromatic N) is 2. The zero-order valence-electron chi connectivity index (χ0n) is 15.9. The molecule has 0 radical (unpaired) electrons. The minimum atomic E-state index is -0.174. The Morgan fingerprint density at radius 3 is 2.73 bits per heavy atom. The lowest BCUT2D eigenvalue weighted by Gasteiger charge is -2.31. The van der Waals surface area contributed by atoms with Gasteiger partial charge in [0, 0.05) is 35.4 Å². The average Bonchev–Trinajstić information content (AvgIpc) is 2.92. The van der Waals surface area contributed by atoms with E-state index in [-0.39, 0.29) is 5.82 Å². The van der Waals surface area contributed by atoms with Gasteiger partial charge in [-0.3, -0.25) is 4.90 Å². The van der Waals surface area contributed by atoms with Crippen LogP contribution >= 0.6 is 0 Å². The first-order valence-electron chi connectivity index (χ1n) is 9.24. The predicted octanol–water partition coefficient (Wildman–Crippen LogP) is 5.66. The van der Waals surface area contributed by atoms with Gasteiger partial charge in [-0.05, 0) is 63.6 Å². The molecule has 134 valence electrons. The van der Waals surface area contributed by atoms with Crippen LogP contribution in [0.25, 0.3) is 22.7 Å². The molecule has 1 unspecified atom stereocenters. The molecule has 2 aromatic carbocycles. The van der Waals surface area contributed by atoms with Crippen molar-refractivity contribution in [3.63, 3.8) is 0 Å². The second kappa shape index (κ2) is 6.40. The molecule has 0 N–H and O–H groups in total. The number of allylic oxidation sites excluding steroid dienone is 1. The van der Waals surface area contributed by atoms with Crippen LogP contribution in [0.5, 0.6) is 0 Å². The van der Waals surface area contributed by atoms with Crippen molar-refractivity contribution in [2.45, 2.75) is 33.2 Å². The lowest BCUT2D eigenvalue weighted by Crippen LogP contribution is -2.31. The van der Waals surface area contributed by atoms with Crippen molar-refractivity contribution < 1.29 is 4.39 Å². The van der Waals surface area contributed by atoms with Gasteiger partial charge in [0.2, 0.25) is 0 Å². The van der Waals surface area contributed by atoms with E-state index < -0.39 is 0 Å². The summed E-state index contributed by atoms with van der Waals surface area (Å²) in [4.78, 5) is 2.39. The second-order valence-corrected chi connectivity index (χ2v) is 7.45. The van der Waals surface area contributed by atoms with Gasteiger partial charge in [-0.15, -0.1) is 0 Å². The molecule has 0 saturated carbocycles. The van der Waals surface area contributed by atoms with E-state index in [2.05, 4.69) is 54.8 Å². The maximum absolute atomic E-state index is 14.3. The third-order valence-corrected chi connectivity index (χ3v) is 5.70. The molecule has 3 heteroatoms. The van der Waals surface area contributed by atoms with E-state index in [0.717, 1.165) is 18.5 Å². The number of likely N-dealkylation sites (N-methyl/N-ethyl adjacent to an activating group) is 1. The maximum atomic E-state index is 14.3. The van der Waals surface area contributed by atoms with Gasteiger partial charge in [0.25, 0.3) is 0 Å². The highest BCUT2D eigenvalue weighted by Crippen LogP contribution is 2.37. The largest absolute Gasteiger partial charge is 0.318 e. The Balaban J connectivity index is 1.98. The molecule has 1 atom stereocenters. The van der Waals surface area contributed by atoms with Crippen molar-refractivity contribution in [2.24, 2.45) is 0 Å². The molecule has 2 nitrogen and oxygen atoms in total. The van der Waals surface area contributed by atoms with Gasteiger partial charge in [0.15, 0.2) is 0 Å². The van der Waals surface area contributed by atoms with Crippen molar-refractivity contribution in [1.82, 2.24) is 9.47 Å². The van der Waals surface area contributed by atoms with Crippen LogP contribution in [0.15, 0.2) is 42.5 Å². The number of hydrogen-bond acceptors (Lipinski definition) is 1. The number of aryl methyl sites for hydroxylation is 1. The molecule has 1 aromatic heterocycles. The van der Waals surface area contributed by atoms with Crippen LogP contribution in [-0.4, -0.2) is 23.1 Å². The Kier molecular flexibility index (Phi) is 4.20. The van der Waals surface area contributed by atoms with E-state index in [4.69, 9.17) is 0 Å². The number of benzene rings is 2. The molecule has 0 bridgehead atoms. The van der Waals surface area contributed by atoms with E-state index in [1.807, 2.05) is 19.1 Å². The number of aromatic nitrogens is 1. The fourth-order valence-corrected chi connectivity index (χ4v) is 4.10. The van der Waals surface area contributed by atoms with Gasteiger partial charge in [0.1, 0.15) is 5.82 Å². The van der Waals surface area contributed by atoms with Gasteiger partial charge >= 0.3 is 0 Å². The van der Waals surface area contributed by atoms with Crippen LogP contribution < -0.4 is 0 Å². The molecule has 3 aromatic rings. The van der Waals surface area contributed by atoms with E-state index in [1.165, 1.54) is 33.8 Å². The molecule has 0 spiro atoms. The summed E-state index contributed by atoms with van der Waals surface area (Å²) in [6, 6.07) is 14.0. The molecule has 1 aliphatic heterocycles. The normalized spacial score (nSPS) is 18.3. The lowest BCUT2D eigenvalue weighted by molar-refractivity contribution is 0.242. The Bertz CT molecular complexity index is 1010. The van der Waals surface area contributed by atoms with Crippen molar-refractivity contribution in [2.75, 3.05) is 13.6 Å². The fourth-order valence-electron chi connectivity index (χ4n) is 4.10. The summed E-state index contributed by atoms with van der Waals surface area (Å²) in [6.07, 6.45) is 3.15. The molecule has 0 fully saturated rings.